The molecule has 0 amide bonds. The van der Waals surface area contributed by atoms with Crippen molar-refractivity contribution in [2.45, 2.75) is 43.3 Å². The Bertz CT molecular complexity index is 930. The molecule has 0 bridgehead atoms. The van der Waals surface area contributed by atoms with Gasteiger partial charge in [-0.2, -0.15) is 0 Å². The Hall–Kier alpha value is -1.90. The molecule has 1 saturated heterocycles. The molecule has 3 aromatic rings. The molecule has 0 N–H and O–H groups in total. The van der Waals surface area contributed by atoms with Crippen LogP contribution >= 0.6 is 0 Å². The van der Waals surface area contributed by atoms with Gasteiger partial charge >= 0.3 is 188 Å². The van der Waals surface area contributed by atoms with Crippen LogP contribution in [0, 0.1) is 0 Å². The van der Waals surface area contributed by atoms with Crippen LogP contribution in [0.15, 0.2) is 84.9 Å². The second-order valence-corrected chi connectivity index (χ2v) is 10.8. The summed E-state index contributed by atoms with van der Waals surface area (Å²) in [6.07, 6.45) is 1.38. The molecule has 1 heterocycles. The topological polar surface area (TPSA) is 12.5 Å². The Morgan fingerprint density at radius 1 is 0.833 bits per heavy atom. The van der Waals surface area contributed by atoms with Crippen LogP contribution in [0.2, 0.25) is 4.82 Å². The molecular weight excluding hydrogens is 433 g/mol. The van der Waals surface area contributed by atoms with Gasteiger partial charge in [0.25, 0.3) is 0 Å². The van der Waals surface area contributed by atoms with Crippen molar-refractivity contribution in [3.8, 4) is 0 Å². The summed E-state index contributed by atoms with van der Waals surface area (Å²) in [5, 5.41) is 0. The second-order valence-electron chi connectivity index (χ2n) is 8.11. The van der Waals surface area contributed by atoms with E-state index in [0.29, 0.717) is 31.9 Å². The quantitative estimate of drug-likeness (QED) is 0.415. The molecule has 1 aliphatic rings. The zero-order valence-electron chi connectivity index (χ0n) is 18.1. The minimum absolute atomic E-state index is 0.232. The predicted octanol–water partition coefficient (Wildman–Crippen LogP) is 5.72. The third-order valence-corrected chi connectivity index (χ3v) is 9.28. The summed E-state index contributed by atoms with van der Waals surface area (Å²) >= 11 is 0.374. The SMILES string of the molecule is C[C@H](c1ccccc1)N(C)[C@H](C)c1ccccc1[Se]C1CCOC1c1ccccc1. The standard InChI is InChI=1S/C27H31NOSe/c1-20(22-12-6-4-7-13-22)28(3)21(2)24-16-10-11-17-25(24)30-26-18-19-29-27(26)23-14-8-5-9-15-23/h4-17,20-21,26-27H,18-19H2,1-3H3/t20-,21-,26?,27?/m1/s1. The van der Waals surface area contributed by atoms with Crippen molar-refractivity contribution in [3.63, 3.8) is 0 Å². The third-order valence-electron chi connectivity index (χ3n) is 6.32. The summed E-state index contributed by atoms with van der Waals surface area (Å²) in [6, 6.07) is 31.3. The molecular formula is C27H31NOSe. The zero-order chi connectivity index (χ0) is 20.9. The van der Waals surface area contributed by atoms with Crippen LogP contribution in [-0.2, 0) is 4.74 Å². The van der Waals surface area contributed by atoms with E-state index in [0.717, 1.165) is 13.0 Å². The van der Waals surface area contributed by atoms with Crippen molar-refractivity contribution in [1.82, 2.24) is 4.90 Å². The zero-order valence-corrected chi connectivity index (χ0v) is 19.8. The van der Waals surface area contributed by atoms with E-state index < -0.39 is 0 Å². The fourth-order valence-electron chi connectivity index (χ4n) is 4.26. The Kier molecular flexibility index (Phi) is 7.07. The Morgan fingerprint density at radius 3 is 2.20 bits per heavy atom. The monoisotopic (exact) mass is 465 g/mol. The molecule has 0 radical (unpaired) electrons. The number of benzene rings is 3. The number of rotatable bonds is 7. The van der Waals surface area contributed by atoms with Crippen LogP contribution in [0.3, 0.4) is 0 Å². The van der Waals surface area contributed by atoms with Crippen molar-refractivity contribution in [2.75, 3.05) is 13.7 Å². The molecule has 1 fully saturated rings. The first-order chi connectivity index (χ1) is 14.6. The van der Waals surface area contributed by atoms with E-state index in [1.165, 1.54) is 21.2 Å². The summed E-state index contributed by atoms with van der Waals surface area (Å²) in [7, 11) is 2.25. The summed E-state index contributed by atoms with van der Waals surface area (Å²) in [5.41, 5.74) is 4.15. The molecule has 0 spiro atoms. The van der Waals surface area contributed by atoms with E-state index in [2.05, 4.69) is 111 Å². The van der Waals surface area contributed by atoms with E-state index in [4.69, 9.17) is 4.74 Å². The number of nitrogens with zero attached hydrogens (tertiary/aromatic N) is 1. The Balaban J connectivity index is 1.53. The second kappa shape index (κ2) is 9.94. The van der Waals surface area contributed by atoms with Gasteiger partial charge in [0.2, 0.25) is 0 Å². The first-order valence-corrected chi connectivity index (χ1v) is 12.7. The van der Waals surface area contributed by atoms with E-state index in [1.54, 1.807) is 0 Å². The van der Waals surface area contributed by atoms with Gasteiger partial charge < -0.3 is 0 Å². The van der Waals surface area contributed by atoms with Crippen molar-refractivity contribution in [1.29, 1.82) is 0 Å². The van der Waals surface area contributed by atoms with Crippen LogP contribution in [0.4, 0.5) is 0 Å². The molecule has 30 heavy (non-hydrogen) atoms. The van der Waals surface area contributed by atoms with Crippen molar-refractivity contribution >= 4 is 19.4 Å². The van der Waals surface area contributed by atoms with Gasteiger partial charge in [0.1, 0.15) is 0 Å². The molecule has 2 unspecified atom stereocenters. The summed E-state index contributed by atoms with van der Waals surface area (Å²) in [6.45, 7) is 5.51. The Morgan fingerprint density at radius 2 is 1.47 bits per heavy atom. The summed E-state index contributed by atoms with van der Waals surface area (Å²) < 4.78 is 7.69. The molecule has 0 saturated carbocycles. The normalized spacial score (nSPS) is 20.9. The first kappa shape index (κ1) is 21.3. The molecule has 3 aromatic carbocycles. The van der Waals surface area contributed by atoms with Gasteiger partial charge in [0.15, 0.2) is 0 Å². The Labute approximate surface area is 187 Å². The van der Waals surface area contributed by atoms with E-state index >= 15 is 0 Å². The van der Waals surface area contributed by atoms with Crippen molar-refractivity contribution in [3.05, 3.63) is 102 Å². The van der Waals surface area contributed by atoms with Crippen LogP contribution in [-0.4, -0.2) is 33.5 Å². The molecule has 2 nitrogen and oxygen atoms in total. The van der Waals surface area contributed by atoms with E-state index in [1.807, 2.05) is 0 Å². The van der Waals surface area contributed by atoms with Crippen molar-refractivity contribution < 1.29 is 4.74 Å². The maximum absolute atomic E-state index is 6.17. The molecule has 156 valence electrons. The number of hydrogen-bond donors (Lipinski definition) is 0. The van der Waals surface area contributed by atoms with Gasteiger partial charge in [-0.05, 0) is 0 Å². The maximum atomic E-state index is 6.17. The van der Waals surface area contributed by atoms with Crippen molar-refractivity contribution in [2.24, 2.45) is 0 Å². The predicted molar refractivity (Wildman–Crippen MR) is 126 cm³/mol. The number of ether oxygens (including phenoxy) is 1. The van der Waals surface area contributed by atoms with Gasteiger partial charge in [0.05, 0.1) is 0 Å². The van der Waals surface area contributed by atoms with Crippen LogP contribution in [0.1, 0.15) is 55.1 Å². The van der Waals surface area contributed by atoms with Gasteiger partial charge in [-0.3, -0.25) is 0 Å². The van der Waals surface area contributed by atoms with Gasteiger partial charge in [-0.25, -0.2) is 0 Å². The molecule has 4 rings (SSSR count). The third kappa shape index (κ3) is 4.71. The average Bonchev–Trinajstić information content (AvgIpc) is 3.27. The summed E-state index contributed by atoms with van der Waals surface area (Å²) in [5.74, 6) is 0. The molecule has 3 heteroatoms. The average molecular weight is 465 g/mol. The van der Waals surface area contributed by atoms with E-state index in [9.17, 15) is 0 Å². The van der Waals surface area contributed by atoms with Crippen LogP contribution < -0.4 is 4.46 Å². The van der Waals surface area contributed by atoms with Crippen LogP contribution in [0.5, 0.6) is 0 Å². The van der Waals surface area contributed by atoms with Crippen LogP contribution in [0.25, 0.3) is 0 Å². The fourth-order valence-corrected chi connectivity index (χ4v) is 7.26. The van der Waals surface area contributed by atoms with Gasteiger partial charge in [-0.15, -0.1) is 0 Å². The van der Waals surface area contributed by atoms with Gasteiger partial charge in [0, 0.05) is 0 Å². The molecule has 0 aliphatic carbocycles. The fraction of sp³-hybridized carbons (Fsp3) is 0.333. The minimum atomic E-state index is 0.232. The number of hydrogen-bond acceptors (Lipinski definition) is 2. The molecule has 1 aliphatic heterocycles. The first-order valence-electron chi connectivity index (χ1n) is 10.8. The van der Waals surface area contributed by atoms with Gasteiger partial charge in [-0.1, -0.05) is 0 Å². The summed E-state index contributed by atoms with van der Waals surface area (Å²) in [4.78, 5) is 3.08. The molecule has 4 atom stereocenters. The van der Waals surface area contributed by atoms with E-state index in [-0.39, 0.29) is 6.10 Å². The molecule has 0 aromatic heterocycles.